The molecule has 0 spiro atoms. The lowest BCUT2D eigenvalue weighted by molar-refractivity contribution is -0.612. The summed E-state index contributed by atoms with van der Waals surface area (Å²) in [6.07, 6.45) is 1.13. The molecule has 0 atom stereocenters. The molecule has 0 aromatic carbocycles. The Labute approximate surface area is 57.6 Å². The van der Waals surface area contributed by atoms with Crippen molar-refractivity contribution in [2.75, 3.05) is 0 Å². The SMILES string of the molecule is Cc1c(O)c(O)cc[n+]1[O-]. The van der Waals surface area contributed by atoms with Crippen molar-refractivity contribution < 1.29 is 14.9 Å². The molecule has 0 saturated heterocycles. The van der Waals surface area contributed by atoms with E-state index >= 15 is 0 Å². The van der Waals surface area contributed by atoms with Gasteiger partial charge in [0.15, 0.2) is 11.9 Å². The Balaban J connectivity index is 3.34. The molecular formula is C6H7NO3. The molecule has 2 N–H and O–H groups in total. The molecule has 0 radical (unpaired) electrons. The standard InChI is InChI=1S/C6H7NO3/c1-4-6(9)5(8)2-3-7(4)10/h2-3,8-9H,1H3. The average molecular weight is 141 g/mol. The maximum atomic E-state index is 10.6. The summed E-state index contributed by atoms with van der Waals surface area (Å²) in [7, 11) is 0. The van der Waals surface area contributed by atoms with E-state index in [0.29, 0.717) is 4.73 Å². The van der Waals surface area contributed by atoms with E-state index in [9.17, 15) is 5.21 Å². The van der Waals surface area contributed by atoms with E-state index in [1.54, 1.807) is 0 Å². The summed E-state index contributed by atoms with van der Waals surface area (Å²) in [5.41, 5.74) is 0.0972. The van der Waals surface area contributed by atoms with Crippen LogP contribution in [0, 0.1) is 12.1 Å². The number of nitrogens with zero attached hydrogens (tertiary/aromatic N) is 1. The van der Waals surface area contributed by atoms with Crippen molar-refractivity contribution in [1.82, 2.24) is 0 Å². The highest BCUT2D eigenvalue weighted by Crippen LogP contribution is 2.23. The first-order valence-electron chi connectivity index (χ1n) is 2.73. The van der Waals surface area contributed by atoms with E-state index < -0.39 is 0 Å². The summed E-state index contributed by atoms with van der Waals surface area (Å²) >= 11 is 0. The normalized spacial score (nSPS) is 9.70. The van der Waals surface area contributed by atoms with E-state index in [1.807, 2.05) is 0 Å². The summed E-state index contributed by atoms with van der Waals surface area (Å²) in [5.74, 6) is -0.637. The maximum Gasteiger partial charge on any atom is 0.235 e. The maximum absolute atomic E-state index is 10.6. The topological polar surface area (TPSA) is 67.4 Å². The predicted molar refractivity (Wildman–Crippen MR) is 33.5 cm³/mol. The van der Waals surface area contributed by atoms with Gasteiger partial charge in [-0.3, -0.25) is 0 Å². The molecule has 0 aliphatic carbocycles. The molecule has 0 aliphatic rings. The average Bonchev–Trinajstić information content (AvgIpc) is 1.93. The Bertz CT molecular complexity index is 232. The van der Waals surface area contributed by atoms with Crippen LogP contribution in [0.15, 0.2) is 12.3 Å². The van der Waals surface area contributed by atoms with Crippen LogP contribution in [0.25, 0.3) is 0 Å². The Morgan fingerprint density at radius 3 is 2.60 bits per heavy atom. The zero-order valence-electron chi connectivity index (χ0n) is 5.40. The van der Waals surface area contributed by atoms with Gasteiger partial charge in [-0.25, -0.2) is 0 Å². The van der Waals surface area contributed by atoms with Crippen molar-refractivity contribution in [3.63, 3.8) is 0 Å². The Morgan fingerprint density at radius 2 is 2.10 bits per heavy atom. The zero-order valence-corrected chi connectivity index (χ0v) is 5.40. The van der Waals surface area contributed by atoms with Crippen LogP contribution in [0.4, 0.5) is 0 Å². The van der Waals surface area contributed by atoms with Gasteiger partial charge in [-0.15, -0.1) is 0 Å². The van der Waals surface area contributed by atoms with E-state index in [2.05, 4.69) is 0 Å². The van der Waals surface area contributed by atoms with Gasteiger partial charge in [-0.05, 0) is 0 Å². The highest BCUT2D eigenvalue weighted by Gasteiger charge is 2.09. The second kappa shape index (κ2) is 2.06. The second-order valence-electron chi connectivity index (χ2n) is 1.96. The molecule has 0 bridgehead atoms. The fraction of sp³-hybridized carbons (Fsp3) is 0.167. The number of aromatic nitrogens is 1. The van der Waals surface area contributed by atoms with Crippen molar-refractivity contribution >= 4 is 0 Å². The van der Waals surface area contributed by atoms with Crippen molar-refractivity contribution in [2.45, 2.75) is 6.92 Å². The predicted octanol–water partition coefficient (Wildman–Crippen LogP) is 0.0396. The third-order valence-electron chi connectivity index (χ3n) is 1.28. The van der Waals surface area contributed by atoms with Crippen LogP contribution in [0.5, 0.6) is 11.5 Å². The first-order chi connectivity index (χ1) is 4.63. The molecular weight excluding hydrogens is 134 g/mol. The van der Waals surface area contributed by atoms with Crippen molar-refractivity contribution in [3.05, 3.63) is 23.2 Å². The van der Waals surface area contributed by atoms with Gasteiger partial charge < -0.3 is 15.4 Å². The lowest BCUT2D eigenvalue weighted by Crippen LogP contribution is -2.28. The van der Waals surface area contributed by atoms with Gasteiger partial charge in [0.1, 0.15) is 0 Å². The number of pyridine rings is 1. The monoisotopic (exact) mass is 141 g/mol. The molecule has 10 heavy (non-hydrogen) atoms. The summed E-state index contributed by atoms with van der Waals surface area (Å²) in [6, 6.07) is 1.13. The zero-order chi connectivity index (χ0) is 7.72. The summed E-state index contributed by atoms with van der Waals surface area (Å²) < 4.78 is 0.481. The van der Waals surface area contributed by atoms with E-state index in [-0.39, 0.29) is 17.2 Å². The molecule has 4 heteroatoms. The van der Waals surface area contributed by atoms with Gasteiger partial charge in [-0.1, -0.05) is 0 Å². The molecule has 4 nitrogen and oxygen atoms in total. The van der Waals surface area contributed by atoms with Crippen molar-refractivity contribution in [3.8, 4) is 11.5 Å². The summed E-state index contributed by atoms with van der Waals surface area (Å²) in [4.78, 5) is 0. The summed E-state index contributed by atoms with van der Waals surface area (Å²) in [6.45, 7) is 1.42. The highest BCUT2D eigenvalue weighted by atomic mass is 16.5. The number of hydrogen-bond donors (Lipinski definition) is 2. The molecule has 1 heterocycles. The smallest absolute Gasteiger partial charge is 0.235 e. The first kappa shape index (κ1) is 6.67. The third kappa shape index (κ3) is 0.834. The fourth-order valence-corrected chi connectivity index (χ4v) is 0.619. The number of hydrogen-bond acceptors (Lipinski definition) is 3. The fourth-order valence-electron chi connectivity index (χ4n) is 0.619. The minimum absolute atomic E-state index is 0.0972. The lowest BCUT2D eigenvalue weighted by Gasteiger charge is -2.01. The van der Waals surface area contributed by atoms with Gasteiger partial charge in [0.05, 0.1) is 0 Å². The van der Waals surface area contributed by atoms with Crippen LogP contribution in [-0.4, -0.2) is 10.2 Å². The molecule has 1 aromatic heterocycles. The molecule has 1 aromatic rings. The molecule has 1 rings (SSSR count). The van der Waals surface area contributed by atoms with E-state index in [1.165, 1.54) is 6.92 Å². The van der Waals surface area contributed by atoms with Crippen molar-refractivity contribution in [1.29, 1.82) is 0 Å². The van der Waals surface area contributed by atoms with Gasteiger partial charge in [0.2, 0.25) is 11.4 Å². The molecule has 0 unspecified atom stereocenters. The van der Waals surface area contributed by atoms with Crippen LogP contribution in [0.3, 0.4) is 0 Å². The largest absolute Gasteiger partial charge is 0.618 e. The Hall–Kier alpha value is -1.45. The number of rotatable bonds is 0. The van der Waals surface area contributed by atoms with Crippen LogP contribution >= 0.6 is 0 Å². The van der Waals surface area contributed by atoms with Gasteiger partial charge in [0.25, 0.3) is 0 Å². The first-order valence-corrected chi connectivity index (χ1v) is 2.73. The van der Waals surface area contributed by atoms with Crippen molar-refractivity contribution in [2.24, 2.45) is 0 Å². The molecule has 0 amide bonds. The van der Waals surface area contributed by atoms with Crippen LogP contribution in [-0.2, 0) is 0 Å². The van der Waals surface area contributed by atoms with Gasteiger partial charge in [-0.2, -0.15) is 4.73 Å². The van der Waals surface area contributed by atoms with Crippen LogP contribution in [0.1, 0.15) is 5.69 Å². The molecule has 0 aliphatic heterocycles. The van der Waals surface area contributed by atoms with E-state index in [4.69, 9.17) is 10.2 Å². The second-order valence-corrected chi connectivity index (χ2v) is 1.96. The number of aromatic hydroxyl groups is 2. The van der Waals surface area contributed by atoms with Crippen LogP contribution in [0.2, 0.25) is 0 Å². The molecule has 0 saturated carbocycles. The highest BCUT2D eigenvalue weighted by molar-refractivity contribution is 5.36. The molecule has 0 fully saturated rings. The van der Waals surface area contributed by atoms with Gasteiger partial charge >= 0.3 is 0 Å². The van der Waals surface area contributed by atoms with E-state index in [0.717, 1.165) is 12.3 Å². The lowest BCUT2D eigenvalue weighted by atomic mass is 10.3. The van der Waals surface area contributed by atoms with Gasteiger partial charge in [0, 0.05) is 13.0 Å². The Morgan fingerprint density at radius 1 is 1.50 bits per heavy atom. The summed E-state index contributed by atoms with van der Waals surface area (Å²) in [5, 5.41) is 28.4. The molecule has 54 valence electrons. The Kier molecular flexibility index (Phi) is 1.37. The minimum atomic E-state index is -0.363. The third-order valence-corrected chi connectivity index (χ3v) is 1.28. The minimum Gasteiger partial charge on any atom is -0.618 e. The quantitative estimate of drug-likeness (QED) is 0.396. The van der Waals surface area contributed by atoms with Crippen LogP contribution < -0.4 is 4.73 Å².